The fraction of sp³-hybridized carbons (Fsp3) is 0.781. The van der Waals surface area contributed by atoms with Crippen LogP contribution in [0.2, 0.25) is 0 Å². The molecule has 0 bridgehead atoms. The van der Waals surface area contributed by atoms with Crippen LogP contribution in [0.15, 0.2) is 23.9 Å². The number of carbonyl (C=O) groups is 1. The third kappa shape index (κ3) is 2.77. The maximum Gasteiger partial charge on any atom is 0.310 e. The van der Waals surface area contributed by atoms with Crippen LogP contribution >= 0.6 is 0 Å². The number of hydrogen-bond acceptors (Lipinski definition) is 1. The molecule has 192 valence electrons. The summed E-state index contributed by atoms with van der Waals surface area (Å²) in [5.74, 6) is 0.981. The van der Waals surface area contributed by atoms with Crippen LogP contribution in [0.5, 0.6) is 0 Å². The molecule has 0 aliphatic heterocycles. The van der Waals surface area contributed by atoms with Gasteiger partial charge in [-0.1, -0.05) is 60.1 Å². The Hall–Kier alpha value is -1.51. The lowest BCUT2D eigenvalue weighted by Crippen LogP contribution is -2.64. The molecule has 0 radical (unpaired) electrons. The number of H-pyrrole nitrogens is 1. The molecule has 35 heavy (non-hydrogen) atoms. The minimum atomic E-state index is -0.544. The number of aromatic nitrogens is 1. The molecule has 6 rings (SSSR count). The van der Waals surface area contributed by atoms with E-state index in [9.17, 15) is 9.90 Å². The van der Waals surface area contributed by atoms with Gasteiger partial charge < -0.3 is 10.1 Å². The number of rotatable bonds is 1. The van der Waals surface area contributed by atoms with E-state index < -0.39 is 11.4 Å². The van der Waals surface area contributed by atoms with E-state index >= 15 is 0 Å². The zero-order valence-corrected chi connectivity index (χ0v) is 23.2. The van der Waals surface area contributed by atoms with E-state index in [-0.39, 0.29) is 33.0 Å². The van der Waals surface area contributed by atoms with Gasteiger partial charge in [-0.2, -0.15) is 0 Å². The highest BCUT2D eigenvalue weighted by Crippen LogP contribution is 2.75. The third-order valence-electron chi connectivity index (χ3n) is 13.2. The zero-order valence-electron chi connectivity index (χ0n) is 23.2. The molecule has 0 amide bonds. The Morgan fingerprint density at radius 2 is 1.69 bits per heavy atom. The van der Waals surface area contributed by atoms with Crippen molar-refractivity contribution in [3.63, 3.8) is 0 Å². The number of hydrogen-bond donors (Lipinski definition) is 2. The van der Waals surface area contributed by atoms with Gasteiger partial charge in [-0.3, -0.25) is 4.79 Å². The Morgan fingerprint density at radius 3 is 2.40 bits per heavy atom. The lowest BCUT2D eigenvalue weighted by Gasteiger charge is -2.70. The smallest absolute Gasteiger partial charge is 0.310 e. The molecule has 1 heterocycles. The van der Waals surface area contributed by atoms with Crippen LogP contribution in [-0.4, -0.2) is 16.1 Å². The maximum absolute atomic E-state index is 12.8. The van der Waals surface area contributed by atoms with Crippen molar-refractivity contribution in [2.45, 2.75) is 112 Å². The Labute approximate surface area is 212 Å². The molecule has 1 aromatic heterocycles. The lowest BCUT2D eigenvalue weighted by atomic mass is 9.33. The van der Waals surface area contributed by atoms with Crippen molar-refractivity contribution in [2.75, 3.05) is 0 Å². The molecule has 3 heteroatoms. The second kappa shape index (κ2) is 6.87. The quantitative estimate of drug-likeness (QED) is 0.404. The zero-order chi connectivity index (χ0) is 25.2. The number of nitrogens with one attached hydrogen (secondary N) is 1. The Kier molecular flexibility index (Phi) is 4.68. The van der Waals surface area contributed by atoms with Crippen LogP contribution in [0.4, 0.5) is 0 Å². The molecule has 1 aromatic rings. The normalized spacial score (nSPS) is 47.3. The first kappa shape index (κ1) is 23.9. The van der Waals surface area contributed by atoms with Gasteiger partial charge in [0.25, 0.3) is 0 Å². The van der Waals surface area contributed by atoms with E-state index in [1.807, 2.05) is 0 Å². The molecule has 0 spiro atoms. The monoisotopic (exact) mass is 477 g/mol. The van der Waals surface area contributed by atoms with E-state index in [4.69, 9.17) is 0 Å². The summed E-state index contributed by atoms with van der Waals surface area (Å²) in [6, 6.07) is 2.34. The fourth-order valence-electron chi connectivity index (χ4n) is 11.2. The first-order valence-electron chi connectivity index (χ1n) is 14.3. The summed E-state index contributed by atoms with van der Waals surface area (Å²) < 4.78 is 0. The fourth-order valence-corrected chi connectivity index (χ4v) is 11.2. The second-order valence-corrected chi connectivity index (χ2v) is 15.5. The molecule has 3 saturated carbocycles. The van der Waals surface area contributed by atoms with Gasteiger partial charge in [0.1, 0.15) is 0 Å². The van der Waals surface area contributed by atoms with Crippen LogP contribution in [-0.2, 0) is 16.6 Å². The number of fused-ring (bicyclic) bond motifs is 8. The predicted molar refractivity (Wildman–Crippen MR) is 141 cm³/mol. The van der Waals surface area contributed by atoms with Crippen molar-refractivity contribution in [1.82, 2.24) is 4.98 Å². The van der Waals surface area contributed by atoms with Crippen LogP contribution in [0.1, 0.15) is 111 Å². The van der Waals surface area contributed by atoms with Crippen LogP contribution in [0.3, 0.4) is 0 Å². The average Bonchev–Trinajstić information content (AvgIpc) is 3.22. The van der Waals surface area contributed by atoms with Gasteiger partial charge in [-0.15, -0.1) is 0 Å². The van der Waals surface area contributed by atoms with E-state index in [0.29, 0.717) is 11.8 Å². The van der Waals surface area contributed by atoms with Gasteiger partial charge in [0, 0.05) is 17.3 Å². The molecular weight excluding hydrogens is 430 g/mol. The van der Waals surface area contributed by atoms with Gasteiger partial charge >= 0.3 is 5.97 Å². The minimum absolute atomic E-state index is 0.101. The maximum atomic E-state index is 12.8. The predicted octanol–water partition coefficient (Wildman–Crippen LogP) is 7.91. The Morgan fingerprint density at radius 1 is 0.971 bits per heavy atom. The highest BCUT2D eigenvalue weighted by Gasteiger charge is 2.69. The lowest BCUT2D eigenvalue weighted by molar-refractivity contribution is -0.177. The average molecular weight is 478 g/mol. The molecule has 0 saturated heterocycles. The summed E-state index contributed by atoms with van der Waals surface area (Å²) >= 11 is 0. The first-order chi connectivity index (χ1) is 16.2. The Balaban J connectivity index is 1.47. The van der Waals surface area contributed by atoms with Gasteiger partial charge in [0.2, 0.25) is 0 Å². The van der Waals surface area contributed by atoms with Crippen molar-refractivity contribution >= 4 is 5.97 Å². The van der Waals surface area contributed by atoms with E-state index in [1.54, 1.807) is 0 Å². The summed E-state index contributed by atoms with van der Waals surface area (Å²) in [5, 5.41) is 10.6. The molecule has 3 fully saturated rings. The molecule has 3 nitrogen and oxygen atoms in total. The third-order valence-corrected chi connectivity index (χ3v) is 13.2. The summed E-state index contributed by atoms with van der Waals surface area (Å²) in [4.78, 5) is 16.5. The van der Waals surface area contributed by atoms with Gasteiger partial charge in [0.05, 0.1) is 5.41 Å². The van der Waals surface area contributed by atoms with Crippen molar-refractivity contribution < 1.29 is 9.90 Å². The topological polar surface area (TPSA) is 53.1 Å². The SMILES string of the molecule is CC1(C)CC[C@]2(C(=O)O)CC[C@]3(C)C(=CC[C@@H]4[C@@]5(C)Cc6cc[nH]c6C(C)(C)[C@@H]5CC[C@]43C)[C@@H]2C1. The number of allylic oxidation sites excluding steroid dienone is 2. The summed E-state index contributed by atoms with van der Waals surface area (Å²) in [6.45, 7) is 17.5. The molecule has 5 aliphatic rings. The molecule has 0 unspecified atom stereocenters. The largest absolute Gasteiger partial charge is 0.481 e. The first-order valence-corrected chi connectivity index (χ1v) is 14.3. The molecule has 2 N–H and O–H groups in total. The highest BCUT2D eigenvalue weighted by molar-refractivity contribution is 5.76. The van der Waals surface area contributed by atoms with Crippen LogP contribution < -0.4 is 0 Å². The van der Waals surface area contributed by atoms with E-state index in [0.717, 1.165) is 38.5 Å². The standard InChI is InChI=1S/C32H47NO2/c1-27(2)13-15-32(26(34)35)16-14-30(6)21(22(32)19-27)8-9-24-29(5)18-20-11-17-33-25(20)28(3,4)23(29)10-12-31(24,30)7/h8,11,17,22-24,33H,9-10,12-16,18-19H2,1-7H3,(H,34,35)/t22-,23-,24+,29-,30+,31+,32-/m0/s1. The molecular formula is C32H47NO2. The van der Waals surface area contributed by atoms with Crippen molar-refractivity contribution in [1.29, 1.82) is 0 Å². The highest BCUT2D eigenvalue weighted by atomic mass is 16.4. The minimum Gasteiger partial charge on any atom is -0.481 e. The summed E-state index contributed by atoms with van der Waals surface area (Å²) in [5.41, 5.74) is 4.97. The van der Waals surface area contributed by atoms with E-state index in [1.165, 1.54) is 36.1 Å². The molecule has 7 atom stereocenters. The number of carboxylic acids is 1. The van der Waals surface area contributed by atoms with Gasteiger partial charge in [-0.05, 0) is 109 Å². The second-order valence-electron chi connectivity index (χ2n) is 15.5. The number of aromatic amines is 1. The van der Waals surface area contributed by atoms with Crippen LogP contribution in [0, 0.1) is 44.8 Å². The van der Waals surface area contributed by atoms with Crippen molar-refractivity contribution in [3.8, 4) is 0 Å². The number of carboxylic acid groups (broad SMARTS) is 1. The van der Waals surface area contributed by atoms with Crippen molar-refractivity contribution in [2.24, 2.45) is 44.8 Å². The summed E-state index contributed by atoms with van der Waals surface area (Å²) in [6.07, 6.45) is 14.4. The van der Waals surface area contributed by atoms with Crippen LogP contribution in [0.25, 0.3) is 0 Å². The molecule has 0 aromatic carbocycles. The van der Waals surface area contributed by atoms with Gasteiger partial charge in [0.15, 0.2) is 0 Å². The number of aliphatic carboxylic acids is 1. The Bertz CT molecular complexity index is 1110. The van der Waals surface area contributed by atoms with E-state index in [2.05, 4.69) is 71.8 Å². The molecule has 5 aliphatic carbocycles. The van der Waals surface area contributed by atoms with Gasteiger partial charge in [-0.25, -0.2) is 0 Å². The van der Waals surface area contributed by atoms with Crippen molar-refractivity contribution in [3.05, 3.63) is 35.2 Å². The summed E-state index contributed by atoms with van der Waals surface area (Å²) in [7, 11) is 0.